The zero-order valence-electron chi connectivity index (χ0n) is 14.8. The van der Waals surface area contributed by atoms with E-state index < -0.39 is 24.0 Å². The van der Waals surface area contributed by atoms with E-state index in [2.05, 4.69) is 4.85 Å². The van der Waals surface area contributed by atoms with E-state index >= 15 is 0 Å². The van der Waals surface area contributed by atoms with Crippen molar-refractivity contribution >= 4 is 12.2 Å². The van der Waals surface area contributed by atoms with Gasteiger partial charge in [0.05, 0.1) is 0 Å². The van der Waals surface area contributed by atoms with Crippen molar-refractivity contribution < 1.29 is 19.1 Å². The van der Waals surface area contributed by atoms with Crippen LogP contribution in [0.1, 0.15) is 26.3 Å². The lowest BCUT2D eigenvalue weighted by molar-refractivity contribution is 0.00598. The van der Waals surface area contributed by atoms with E-state index in [4.69, 9.17) is 16.0 Å². The Labute approximate surface area is 147 Å². The fourth-order valence-corrected chi connectivity index (χ4v) is 2.38. The Bertz CT molecular complexity index is 649. The number of amides is 2. The lowest BCUT2D eigenvalue weighted by atomic mass is 10.2. The first kappa shape index (κ1) is 18.6. The molecular formula is C18H23N3O4. The highest BCUT2D eigenvalue weighted by molar-refractivity contribution is 5.71. The first-order valence-corrected chi connectivity index (χ1v) is 8.12. The van der Waals surface area contributed by atoms with Crippen molar-refractivity contribution in [2.24, 2.45) is 0 Å². The molecule has 0 saturated carbocycles. The van der Waals surface area contributed by atoms with Gasteiger partial charge in [0.1, 0.15) is 18.8 Å². The van der Waals surface area contributed by atoms with Crippen molar-refractivity contribution in [3.05, 3.63) is 47.3 Å². The highest BCUT2D eigenvalue weighted by atomic mass is 16.6. The van der Waals surface area contributed by atoms with Gasteiger partial charge < -0.3 is 9.47 Å². The van der Waals surface area contributed by atoms with Crippen LogP contribution in [0.4, 0.5) is 9.59 Å². The van der Waals surface area contributed by atoms with Crippen molar-refractivity contribution in [2.45, 2.75) is 39.1 Å². The topological polar surface area (TPSA) is 63.4 Å². The Kier molecular flexibility index (Phi) is 5.86. The standard InChI is InChI=1S/C18H23N3O4/c1-18(2,3)25-16(22)20-10-11-21(15(12-20)19-4)17(23)24-13-14-8-6-5-7-9-14/h5-9,15H,10-13H2,1-3H3. The van der Waals surface area contributed by atoms with Gasteiger partial charge in [0.25, 0.3) is 0 Å². The smallest absolute Gasteiger partial charge is 0.416 e. The van der Waals surface area contributed by atoms with E-state index in [9.17, 15) is 9.59 Å². The molecule has 0 aromatic heterocycles. The molecule has 1 unspecified atom stereocenters. The summed E-state index contributed by atoms with van der Waals surface area (Å²) in [5, 5.41) is 0. The lowest BCUT2D eigenvalue weighted by Gasteiger charge is -2.35. The van der Waals surface area contributed by atoms with Crippen molar-refractivity contribution in [1.29, 1.82) is 0 Å². The molecule has 1 aromatic rings. The Hall–Kier alpha value is -2.75. The zero-order chi connectivity index (χ0) is 18.4. The van der Waals surface area contributed by atoms with E-state index in [1.165, 1.54) is 9.80 Å². The SMILES string of the molecule is [C-]#[N+]C1CN(C(=O)OC(C)(C)C)CCN1C(=O)OCc1ccccc1. The van der Waals surface area contributed by atoms with Gasteiger partial charge in [-0.15, -0.1) is 0 Å². The molecule has 0 aliphatic carbocycles. The van der Waals surface area contributed by atoms with Crippen LogP contribution >= 0.6 is 0 Å². The largest absolute Gasteiger partial charge is 0.444 e. The minimum Gasteiger partial charge on any atom is -0.444 e. The van der Waals surface area contributed by atoms with Crippen LogP contribution in [0.3, 0.4) is 0 Å². The molecule has 1 aliphatic rings. The second-order valence-electron chi connectivity index (χ2n) is 6.77. The maximum Gasteiger partial charge on any atom is 0.416 e. The number of ether oxygens (including phenoxy) is 2. The Morgan fingerprint density at radius 2 is 1.88 bits per heavy atom. The molecule has 1 saturated heterocycles. The number of piperazine rings is 1. The van der Waals surface area contributed by atoms with Crippen molar-refractivity contribution in [2.75, 3.05) is 19.6 Å². The molecule has 1 aromatic carbocycles. The second-order valence-corrected chi connectivity index (χ2v) is 6.77. The summed E-state index contributed by atoms with van der Waals surface area (Å²) in [5.41, 5.74) is 0.277. The summed E-state index contributed by atoms with van der Waals surface area (Å²) in [6, 6.07) is 9.34. The van der Waals surface area contributed by atoms with Crippen molar-refractivity contribution in [3.63, 3.8) is 0 Å². The predicted octanol–water partition coefficient (Wildman–Crippen LogP) is 3.12. The third-order valence-electron chi connectivity index (χ3n) is 3.59. The first-order valence-electron chi connectivity index (χ1n) is 8.12. The summed E-state index contributed by atoms with van der Waals surface area (Å²) in [6.45, 7) is 13.5. The van der Waals surface area contributed by atoms with Crippen LogP contribution < -0.4 is 0 Å². The molecule has 7 heteroatoms. The number of rotatable bonds is 2. The molecule has 25 heavy (non-hydrogen) atoms. The maximum absolute atomic E-state index is 12.3. The summed E-state index contributed by atoms with van der Waals surface area (Å²) >= 11 is 0. The van der Waals surface area contributed by atoms with Gasteiger partial charge in [-0.05, 0) is 26.3 Å². The molecule has 0 N–H and O–H groups in total. The van der Waals surface area contributed by atoms with Gasteiger partial charge in [-0.25, -0.2) is 21.1 Å². The minimum absolute atomic E-state index is 0.110. The molecule has 0 spiro atoms. The number of hydrogen-bond acceptors (Lipinski definition) is 4. The summed E-state index contributed by atoms with van der Waals surface area (Å²) in [6.07, 6.45) is -1.79. The fraction of sp³-hybridized carbons (Fsp3) is 0.500. The van der Waals surface area contributed by atoms with E-state index in [0.29, 0.717) is 6.54 Å². The van der Waals surface area contributed by atoms with E-state index in [-0.39, 0.29) is 19.7 Å². The van der Waals surface area contributed by atoms with Crippen LogP contribution in [0.2, 0.25) is 0 Å². The van der Waals surface area contributed by atoms with Gasteiger partial charge in [0.2, 0.25) is 0 Å². The van der Waals surface area contributed by atoms with E-state index in [1.807, 2.05) is 30.3 Å². The van der Waals surface area contributed by atoms with Gasteiger partial charge in [-0.1, -0.05) is 30.3 Å². The number of benzene rings is 1. The highest BCUT2D eigenvalue weighted by Gasteiger charge is 2.38. The third-order valence-corrected chi connectivity index (χ3v) is 3.59. The molecule has 7 nitrogen and oxygen atoms in total. The third kappa shape index (κ3) is 5.38. The molecule has 0 bridgehead atoms. The van der Waals surface area contributed by atoms with E-state index in [1.54, 1.807) is 20.8 Å². The molecule has 134 valence electrons. The summed E-state index contributed by atoms with van der Waals surface area (Å²) in [7, 11) is 0. The monoisotopic (exact) mass is 345 g/mol. The molecule has 1 aliphatic heterocycles. The average Bonchev–Trinajstić information content (AvgIpc) is 2.58. The molecule has 1 heterocycles. The number of hydrogen-bond donors (Lipinski definition) is 0. The van der Waals surface area contributed by atoms with Crippen LogP contribution in [0, 0.1) is 6.57 Å². The molecule has 0 radical (unpaired) electrons. The van der Waals surface area contributed by atoms with Gasteiger partial charge in [0.15, 0.2) is 0 Å². The van der Waals surface area contributed by atoms with E-state index in [0.717, 1.165) is 5.56 Å². The van der Waals surface area contributed by atoms with Crippen LogP contribution in [0.5, 0.6) is 0 Å². The van der Waals surface area contributed by atoms with Crippen LogP contribution in [0.15, 0.2) is 30.3 Å². The Morgan fingerprint density at radius 3 is 2.48 bits per heavy atom. The molecule has 1 fully saturated rings. The Balaban J connectivity index is 1.92. The molecule has 2 rings (SSSR count). The highest BCUT2D eigenvalue weighted by Crippen LogP contribution is 2.17. The normalized spacial score (nSPS) is 17.6. The van der Waals surface area contributed by atoms with Crippen LogP contribution in [-0.4, -0.2) is 53.4 Å². The Morgan fingerprint density at radius 1 is 1.20 bits per heavy atom. The second kappa shape index (κ2) is 7.88. The van der Waals surface area contributed by atoms with Gasteiger partial charge in [0, 0.05) is 13.1 Å². The molecule has 2 amide bonds. The minimum atomic E-state index is -0.774. The fourth-order valence-electron chi connectivity index (χ4n) is 2.38. The summed E-state index contributed by atoms with van der Waals surface area (Å²) < 4.78 is 10.6. The van der Waals surface area contributed by atoms with Crippen LogP contribution in [0.25, 0.3) is 4.85 Å². The number of carbonyl (C=O) groups is 2. The number of carbonyl (C=O) groups excluding carboxylic acids is 2. The van der Waals surface area contributed by atoms with Gasteiger partial charge in [-0.3, -0.25) is 9.74 Å². The quantitative estimate of drug-likeness (QED) is 0.773. The first-order chi connectivity index (χ1) is 11.8. The van der Waals surface area contributed by atoms with Crippen LogP contribution in [-0.2, 0) is 16.1 Å². The maximum atomic E-state index is 12.3. The predicted molar refractivity (Wildman–Crippen MR) is 91.5 cm³/mol. The zero-order valence-corrected chi connectivity index (χ0v) is 14.8. The van der Waals surface area contributed by atoms with Crippen molar-refractivity contribution in [1.82, 2.24) is 9.80 Å². The molecular weight excluding hydrogens is 322 g/mol. The van der Waals surface area contributed by atoms with Gasteiger partial charge >= 0.3 is 18.4 Å². The van der Waals surface area contributed by atoms with Gasteiger partial charge in [-0.2, -0.15) is 0 Å². The average molecular weight is 345 g/mol. The summed E-state index contributed by atoms with van der Waals surface area (Å²) in [5.74, 6) is 0. The summed E-state index contributed by atoms with van der Waals surface area (Å²) in [4.78, 5) is 30.7. The van der Waals surface area contributed by atoms with Crippen molar-refractivity contribution in [3.8, 4) is 0 Å². The molecule has 1 atom stereocenters. The lowest BCUT2D eigenvalue weighted by Crippen LogP contribution is -2.56. The number of nitrogens with zero attached hydrogens (tertiary/aromatic N) is 3.